The molecule has 0 aliphatic carbocycles. The molecule has 0 amide bonds. The molecule has 0 spiro atoms. The van der Waals surface area contributed by atoms with Crippen molar-refractivity contribution in [3.63, 3.8) is 0 Å². The lowest BCUT2D eigenvalue weighted by molar-refractivity contribution is 0.774. The van der Waals surface area contributed by atoms with Crippen molar-refractivity contribution >= 4 is 34.2 Å². The average Bonchev–Trinajstić information content (AvgIpc) is 2.36. The summed E-state index contributed by atoms with van der Waals surface area (Å²) in [5, 5.41) is 0.704. The summed E-state index contributed by atoms with van der Waals surface area (Å²) in [6.45, 7) is 4.08. The third-order valence-corrected chi connectivity index (χ3v) is 4.06. The van der Waals surface area contributed by atoms with Gasteiger partial charge in [-0.25, -0.2) is 4.98 Å². The first kappa shape index (κ1) is 14.5. The maximum Gasteiger partial charge on any atom is 0.264 e. The molecule has 0 saturated carbocycles. The van der Waals surface area contributed by atoms with E-state index in [0.717, 1.165) is 11.3 Å². The number of nitrogens with one attached hydrogen (secondary N) is 1. The predicted octanol–water partition coefficient (Wildman–Crippen LogP) is 3.74. The second-order valence-electron chi connectivity index (χ2n) is 4.67. The van der Waals surface area contributed by atoms with Gasteiger partial charge in [0.2, 0.25) is 0 Å². The third-order valence-electron chi connectivity index (χ3n) is 2.77. The summed E-state index contributed by atoms with van der Waals surface area (Å²) in [7, 11) is 0. The summed E-state index contributed by atoms with van der Waals surface area (Å²) >= 11 is 7.90. The first-order valence-electron chi connectivity index (χ1n) is 6.00. The first-order valence-corrected chi connectivity index (χ1v) is 7.46. The molecule has 0 aliphatic heterocycles. The highest BCUT2D eigenvalue weighted by molar-refractivity contribution is 14.1. The quantitative estimate of drug-likeness (QED) is 0.814. The van der Waals surface area contributed by atoms with Crippen LogP contribution in [-0.2, 0) is 6.42 Å². The molecule has 5 heteroatoms. The summed E-state index contributed by atoms with van der Waals surface area (Å²) in [6, 6.07) is 7.56. The van der Waals surface area contributed by atoms with Crippen LogP contribution in [-0.4, -0.2) is 9.97 Å². The highest BCUT2D eigenvalue weighted by Crippen LogP contribution is 2.17. The van der Waals surface area contributed by atoms with E-state index in [1.165, 1.54) is 0 Å². The highest BCUT2D eigenvalue weighted by atomic mass is 127. The van der Waals surface area contributed by atoms with Crippen LogP contribution in [0.25, 0.3) is 0 Å². The molecule has 19 heavy (non-hydrogen) atoms. The average molecular weight is 389 g/mol. The largest absolute Gasteiger partial charge is 0.309 e. The molecular weight excluding hydrogens is 375 g/mol. The molecule has 3 nitrogen and oxygen atoms in total. The van der Waals surface area contributed by atoms with Gasteiger partial charge in [0.05, 0.1) is 9.26 Å². The summed E-state index contributed by atoms with van der Waals surface area (Å²) in [5.74, 6) is 0.926. The van der Waals surface area contributed by atoms with Crippen molar-refractivity contribution in [1.82, 2.24) is 9.97 Å². The number of aromatic nitrogens is 2. The number of benzene rings is 1. The monoisotopic (exact) mass is 388 g/mol. The van der Waals surface area contributed by atoms with Gasteiger partial charge in [-0.2, -0.15) is 0 Å². The topological polar surface area (TPSA) is 45.8 Å². The maximum atomic E-state index is 11.9. The van der Waals surface area contributed by atoms with Crippen LogP contribution >= 0.6 is 34.2 Å². The smallest absolute Gasteiger partial charge is 0.264 e. The van der Waals surface area contributed by atoms with Gasteiger partial charge in [-0.3, -0.25) is 4.79 Å². The Hall–Kier alpha value is -0.880. The molecule has 100 valence electrons. The van der Waals surface area contributed by atoms with Gasteiger partial charge < -0.3 is 4.98 Å². The Morgan fingerprint density at radius 2 is 1.95 bits per heavy atom. The number of hydrogen-bond acceptors (Lipinski definition) is 2. The highest BCUT2D eigenvalue weighted by Gasteiger charge is 2.12. The summed E-state index contributed by atoms with van der Waals surface area (Å²) in [4.78, 5) is 19.3. The minimum absolute atomic E-state index is 0.0664. The van der Waals surface area contributed by atoms with Crippen LogP contribution in [0.4, 0.5) is 0 Å². The zero-order valence-electron chi connectivity index (χ0n) is 10.7. The van der Waals surface area contributed by atoms with Gasteiger partial charge in [-0.1, -0.05) is 37.6 Å². The van der Waals surface area contributed by atoms with Crippen molar-refractivity contribution in [2.24, 2.45) is 0 Å². The second kappa shape index (κ2) is 6.05. The Morgan fingerprint density at radius 3 is 2.53 bits per heavy atom. The van der Waals surface area contributed by atoms with E-state index in [2.05, 4.69) is 9.97 Å². The Balaban J connectivity index is 2.35. The number of rotatable bonds is 3. The molecule has 2 aromatic rings. The molecule has 0 atom stereocenters. The van der Waals surface area contributed by atoms with E-state index in [0.29, 0.717) is 20.8 Å². The van der Waals surface area contributed by atoms with Crippen molar-refractivity contribution in [2.45, 2.75) is 26.2 Å². The minimum atomic E-state index is -0.0664. The van der Waals surface area contributed by atoms with Gasteiger partial charge in [0.15, 0.2) is 0 Å². The molecule has 0 unspecified atom stereocenters. The normalized spacial score (nSPS) is 11.0. The molecule has 0 fully saturated rings. The lowest BCUT2D eigenvalue weighted by Gasteiger charge is -2.09. The van der Waals surface area contributed by atoms with Crippen LogP contribution in [0.15, 0.2) is 29.1 Å². The van der Waals surface area contributed by atoms with Gasteiger partial charge >= 0.3 is 0 Å². The summed E-state index contributed by atoms with van der Waals surface area (Å²) in [5.41, 5.74) is 1.86. The van der Waals surface area contributed by atoms with E-state index in [1.54, 1.807) is 0 Å². The zero-order valence-corrected chi connectivity index (χ0v) is 13.6. The first-order chi connectivity index (χ1) is 8.97. The maximum absolute atomic E-state index is 11.9. The lowest BCUT2D eigenvalue weighted by atomic mass is 10.1. The molecule has 0 aliphatic rings. The van der Waals surface area contributed by atoms with Crippen molar-refractivity contribution in [3.05, 3.63) is 60.3 Å². The van der Waals surface area contributed by atoms with Gasteiger partial charge in [-0.15, -0.1) is 0 Å². The van der Waals surface area contributed by atoms with Gasteiger partial charge in [0.1, 0.15) is 5.82 Å². The second-order valence-corrected chi connectivity index (χ2v) is 6.18. The van der Waals surface area contributed by atoms with E-state index in [9.17, 15) is 4.79 Å². The zero-order chi connectivity index (χ0) is 14.0. The van der Waals surface area contributed by atoms with Crippen LogP contribution < -0.4 is 5.56 Å². The van der Waals surface area contributed by atoms with Crippen molar-refractivity contribution in [3.8, 4) is 0 Å². The van der Waals surface area contributed by atoms with Crippen molar-refractivity contribution in [2.75, 3.05) is 0 Å². The van der Waals surface area contributed by atoms with E-state index in [1.807, 2.05) is 60.7 Å². The fourth-order valence-corrected chi connectivity index (χ4v) is 2.79. The molecule has 0 radical (unpaired) electrons. The van der Waals surface area contributed by atoms with Crippen LogP contribution in [0.2, 0.25) is 5.02 Å². The van der Waals surface area contributed by atoms with Crippen LogP contribution in [0.3, 0.4) is 0 Å². The predicted molar refractivity (Wildman–Crippen MR) is 85.9 cm³/mol. The van der Waals surface area contributed by atoms with Gasteiger partial charge in [-0.05, 0) is 46.2 Å². The summed E-state index contributed by atoms with van der Waals surface area (Å²) in [6.07, 6.45) is 0.600. The molecule has 0 bridgehead atoms. The fourth-order valence-electron chi connectivity index (χ4n) is 1.79. The fraction of sp³-hybridized carbons (Fsp3) is 0.286. The number of H-pyrrole nitrogens is 1. The van der Waals surface area contributed by atoms with Gasteiger partial charge in [0, 0.05) is 11.4 Å². The summed E-state index contributed by atoms with van der Waals surface area (Å²) < 4.78 is 0.674. The van der Waals surface area contributed by atoms with Crippen LogP contribution in [0.1, 0.15) is 36.8 Å². The Labute approximate surface area is 130 Å². The van der Waals surface area contributed by atoms with Crippen LogP contribution in [0.5, 0.6) is 0 Å². The molecule has 0 saturated heterocycles. The SMILES string of the molecule is CC(C)c1nc(Cc2ccc(Cl)cc2)[nH]c(=O)c1I. The number of aromatic amines is 1. The molecule has 1 aromatic carbocycles. The van der Waals surface area contributed by atoms with E-state index in [-0.39, 0.29) is 11.5 Å². The molecule has 1 aromatic heterocycles. The molecule has 2 rings (SSSR count). The number of halogens is 2. The number of nitrogens with zero attached hydrogens (tertiary/aromatic N) is 1. The van der Waals surface area contributed by atoms with Crippen molar-refractivity contribution in [1.29, 1.82) is 0 Å². The Morgan fingerprint density at radius 1 is 1.32 bits per heavy atom. The standard InChI is InChI=1S/C14H14ClIN2O/c1-8(2)13-12(16)14(19)18-11(17-13)7-9-3-5-10(15)6-4-9/h3-6,8H,7H2,1-2H3,(H,17,18,19). The van der Waals surface area contributed by atoms with E-state index in [4.69, 9.17) is 11.6 Å². The molecule has 1 heterocycles. The van der Waals surface area contributed by atoms with Gasteiger partial charge in [0.25, 0.3) is 5.56 Å². The number of hydrogen-bond donors (Lipinski definition) is 1. The molecule has 1 N–H and O–H groups in total. The van der Waals surface area contributed by atoms with E-state index < -0.39 is 0 Å². The van der Waals surface area contributed by atoms with Crippen molar-refractivity contribution < 1.29 is 0 Å². The Bertz CT molecular complexity index is 635. The van der Waals surface area contributed by atoms with Crippen LogP contribution in [0, 0.1) is 3.57 Å². The lowest BCUT2D eigenvalue weighted by Crippen LogP contribution is -2.19. The molecular formula is C14H14ClIN2O. The Kier molecular flexibility index (Phi) is 4.62. The van der Waals surface area contributed by atoms with E-state index >= 15 is 0 Å². The third kappa shape index (κ3) is 3.57. The minimum Gasteiger partial charge on any atom is -0.309 e.